The molecule has 3 aromatic rings. The lowest BCUT2D eigenvalue weighted by Gasteiger charge is -2.09. The van der Waals surface area contributed by atoms with Gasteiger partial charge < -0.3 is 4.74 Å². The maximum atomic E-state index is 6.14. The molecule has 2 aromatic heterocycles. The number of ether oxygens (including phenoxy) is 1. The summed E-state index contributed by atoms with van der Waals surface area (Å²) in [7, 11) is 1.63. The number of halogens is 1. The van der Waals surface area contributed by atoms with E-state index in [-0.39, 0.29) is 0 Å². The van der Waals surface area contributed by atoms with Crippen LogP contribution in [0.25, 0.3) is 10.8 Å². The van der Waals surface area contributed by atoms with Crippen LogP contribution < -0.4 is 4.74 Å². The van der Waals surface area contributed by atoms with Crippen LogP contribution in [0.15, 0.2) is 48.8 Å². The van der Waals surface area contributed by atoms with Gasteiger partial charge in [-0.3, -0.25) is 0 Å². The molecule has 20 heavy (non-hydrogen) atoms. The molecule has 1 aromatic carbocycles. The van der Waals surface area contributed by atoms with Gasteiger partial charge in [-0.1, -0.05) is 41.9 Å². The van der Waals surface area contributed by atoms with E-state index in [1.54, 1.807) is 13.3 Å². The molecule has 2 heterocycles. The second kappa shape index (κ2) is 5.47. The molecule has 3 nitrogen and oxygen atoms in total. The molecule has 0 saturated carbocycles. The van der Waals surface area contributed by atoms with Gasteiger partial charge in [0.15, 0.2) is 0 Å². The highest BCUT2D eigenvalue weighted by Crippen LogP contribution is 2.27. The summed E-state index contributed by atoms with van der Waals surface area (Å²) in [5.41, 5.74) is 2.14. The first-order valence-corrected chi connectivity index (χ1v) is 6.67. The molecule has 0 aliphatic heterocycles. The van der Waals surface area contributed by atoms with E-state index in [1.807, 2.05) is 36.5 Å². The molecule has 3 rings (SSSR count). The summed E-state index contributed by atoms with van der Waals surface area (Å²) in [6.07, 6.45) is 4.25. The second-order valence-corrected chi connectivity index (χ2v) is 4.83. The van der Waals surface area contributed by atoms with Crippen molar-refractivity contribution in [3.8, 4) is 5.88 Å². The fourth-order valence-electron chi connectivity index (χ4n) is 2.31. The number of benzene rings is 1. The number of pyridine rings is 2. The number of nitrogens with zero attached hydrogens (tertiary/aromatic N) is 2. The first-order valence-electron chi connectivity index (χ1n) is 6.29. The minimum absolute atomic E-state index is 0.530. The third-order valence-corrected chi connectivity index (χ3v) is 3.55. The number of hydrogen-bond acceptors (Lipinski definition) is 3. The molecule has 0 aliphatic rings. The fraction of sp³-hybridized carbons (Fsp3) is 0.125. The fourth-order valence-corrected chi connectivity index (χ4v) is 2.52. The Morgan fingerprint density at radius 3 is 2.60 bits per heavy atom. The van der Waals surface area contributed by atoms with Crippen LogP contribution in [0.4, 0.5) is 0 Å². The standard InChI is InChI=1S/C16H13ClN2O/c1-20-16-11(5-4-8-18-16)9-12-10-19-15(17)14-7-3-2-6-13(12)14/h2-8,10H,9H2,1H3. The molecule has 0 unspecified atom stereocenters. The summed E-state index contributed by atoms with van der Waals surface area (Å²) in [6.45, 7) is 0. The van der Waals surface area contributed by atoms with E-state index in [4.69, 9.17) is 16.3 Å². The maximum Gasteiger partial charge on any atom is 0.216 e. The van der Waals surface area contributed by atoms with Crippen molar-refractivity contribution in [2.75, 3.05) is 7.11 Å². The highest BCUT2D eigenvalue weighted by atomic mass is 35.5. The summed E-state index contributed by atoms with van der Waals surface area (Å²) >= 11 is 6.14. The first-order chi connectivity index (χ1) is 9.79. The highest BCUT2D eigenvalue weighted by Gasteiger charge is 2.09. The lowest BCUT2D eigenvalue weighted by molar-refractivity contribution is 0.393. The Kier molecular flexibility index (Phi) is 3.52. The SMILES string of the molecule is COc1ncccc1Cc1cnc(Cl)c2ccccc12. The van der Waals surface area contributed by atoms with Gasteiger partial charge in [0.25, 0.3) is 0 Å². The van der Waals surface area contributed by atoms with E-state index in [0.717, 1.165) is 21.9 Å². The van der Waals surface area contributed by atoms with E-state index in [2.05, 4.69) is 16.0 Å². The van der Waals surface area contributed by atoms with Crippen molar-refractivity contribution in [1.29, 1.82) is 0 Å². The Labute approximate surface area is 122 Å². The predicted octanol–water partition coefficient (Wildman–Crippen LogP) is 3.88. The minimum Gasteiger partial charge on any atom is -0.481 e. The normalized spacial score (nSPS) is 10.7. The number of methoxy groups -OCH3 is 1. The number of fused-ring (bicyclic) bond motifs is 1. The Hall–Kier alpha value is -2.13. The van der Waals surface area contributed by atoms with E-state index in [9.17, 15) is 0 Å². The van der Waals surface area contributed by atoms with Crippen LogP contribution in [-0.2, 0) is 6.42 Å². The van der Waals surface area contributed by atoms with Gasteiger partial charge in [-0.25, -0.2) is 9.97 Å². The van der Waals surface area contributed by atoms with E-state index < -0.39 is 0 Å². The van der Waals surface area contributed by atoms with Crippen molar-refractivity contribution in [3.05, 3.63) is 65.1 Å². The zero-order valence-corrected chi connectivity index (χ0v) is 11.8. The Balaban J connectivity index is 2.09. The molecule has 0 saturated heterocycles. The van der Waals surface area contributed by atoms with Crippen molar-refractivity contribution in [3.63, 3.8) is 0 Å². The molecule has 0 fully saturated rings. The van der Waals surface area contributed by atoms with Gasteiger partial charge in [-0.05, 0) is 17.0 Å². The van der Waals surface area contributed by atoms with E-state index >= 15 is 0 Å². The molecule has 0 radical (unpaired) electrons. The maximum absolute atomic E-state index is 6.14. The summed E-state index contributed by atoms with van der Waals surface area (Å²) in [4.78, 5) is 8.49. The van der Waals surface area contributed by atoms with Gasteiger partial charge in [-0.15, -0.1) is 0 Å². The predicted molar refractivity (Wildman–Crippen MR) is 80.3 cm³/mol. The number of hydrogen-bond donors (Lipinski definition) is 0. The van der Waals surface area contributed by atoms with Crippen molar-refractivity contribution in [2.24, 2.45) is 0 Å². The Bertz CT molecular complexity index is 758. The molecule has 0 N–H and O–H groups in total. The average molecular weight is 285 g/mol. The van der Waals surface area contributed by atoms with Crippen LogP contribution in [-0.4, -0.2) is 17.1 Å². The summed E-state index contributed by atoms with van der Waals surface area (Å²) in [5, 5.41) is 2.61. The highest BCUT2D eigenvalue weighted by molar-refractivity contribution is 6.34. The van der Waals surface area contributed by atoms with Gasteiger partial charge in [0.2, 0.25) is 5.88 Å². The first kappa shape index (κ1) is 12.9. The average Bonchev–Trinajstić information content (AvgIpc) is 2.51. The molecule has 4 heteroatoms. The molecule has 0 amide bonds. The molecule has 0 atom stereocenters. The van der Waals surface area contributed by atoms with E-state index in [1.165, 1.54) is 0 Å². The van der Waals surface area contributed by atoms with Crippen molar-refractivity contribution < 1.29 is 4.74 Å². The number of rotatable bonds is 3. The lowest BCUT2D eigenvalue weighted by atomic mass is 10.0. The van der Waals surface area contributed by atoms with Crippen molar-refractivity contribution in [1.82, 2.24) is 9.97 Å². The molecule has 0 aliphatic carbocycles. The quantitative estimate of drug-likeness (QED) is 0.685. The van der Waals surface area contributed by atoms with Crippen LogP contribution in [0, 0.1) is 0 Å². The second-order valence-electron chi connectivity index (χ2n) is 4.47. The van der Waals surface area contributed by atoms with Gasteiger partial charge in [0, 0.05) is 29.8 Å². The zero-order chi connectivity index (χ0) is 13.9. The van der Waals surface area contributed by atoms with Gasteiger partial charge in [0.1, 0.15) is 5.15 Å². The third kappa shape index (κ3) is 2.32. The third-order valence-electron chi connectivity index (χ3n) is 3.25. The van der Waals surface area contributed by atoms with E-state index in [0.29, 0.717) is 17.5 Å². The molecule has 100 valence electrons. The van der Waals surface area contributed by atoms with Crippen molar-refractivity contribution in [2.45, 2.75) is 6.42 Å². The van der Waals surface area contributed by atoms with Crippen LogP contribution in [0.3, 0.4) is 0 Å². The van der Waals surface area contributed by atoms with Crippen LogP contribution in [0.1, 0.15) is 11.1 Å². The lowest BCUT2D eigenvalue weighted by Crippen LogP contribution is -1.97. The molecular formula is C16H13ClN2O. The minimum atomic E-state index is 0.530. The zero-order valence-electron chi connectivity index (χ0n) is 11.0. The van der Waals surface area contributed by atoms with Gasteiger partial charge in [0.05, 0.1) is 7.11 Å². The van der Waals surface area contributed by atoms with Crippen LogP contribution >= 0.6 is 11.6 Å². The van der Waals surface area contributed by atoms with Crippen molar-refractivity contribution >= 4 is 22.4 Å². The summed E-state index contributed by atoms with van der Waals surface area (Å²) < 4.78 is 5.30. The molecule has 0 spiro atoms. The molecule has 0 bridgehead atoms. The smallest absolute Gasteiger partial charge is 0.216 e. The van der Waals surface area contributed by atoms with Gasteiger partial charge in [-0.2, -0.15) is 0 Å². The Morgan fingerprint density at radius 1 is 1.00 bits per heavy atom. The monoisotopic (exact) mass is 284 g/mol. The Morgan fingerprint density at radius 2 is 1.80 bits per heavy atom. The summed E-state index contributed by atoms with van der Waals surface area (Å²) in [6, 6.07) is 11.9. The summed E-state index contributed by atoms with van der Waals surface area (Å²) in [5.74, 6) is 0.645. The topological polar surface area (TPSA) is 35.0 Å². The molecular weight excluding hydrogens is 272 g/mol. The van der Waals surface area contributed by atoms with Gasteiger partial charge >= 0.3 is 0 Å². The largest absolute Gasteiger partial charge is 0.481 e. The number of aromatic nitrogens is 2. The van der Waals surface area contributed by atoms with Crippen LogP contribution in [0.5, 0.6) is 5.88 Å². The van der Waals surface area contributed by atoms with Crippen LogP contribution in [0.2, 0.25) is 5.15 Å².